The number of thioether (sulfide) groups is 1. The van der Waals surface area contributed by atoms with Crippen molar-refractivity contribution < 1.29 is 13.9 Å². The Morgan fingerprint density at radius 1 is 1.00 bits per heavy atom. The van der Waals surface area contributed by atoms with Crippen molar-refractivity contribution in [3.8, 4) is 11.5 Å². The standard InChI is InChI=1S/C20H20O4S/c1-22-15-4-7-17(8-5-15)25-13-3-2-11-23-16-6-9-18-19(21)10-12-24-20(18)14-16/h4-10,12,14H,2-3,11,13H2,1H3. The number of unbranched alkanes of at least 4 members (excludes halogenated alkanes) is 1. The molecule has 0 unspecified atom stereocenters. The Kier molecular flexibility index (Phi) is 6.01. The van der Waals surface area contributed by atoms with Crippen LogP contribution < -0.4 is 14.9 Å². The molecular formula is C20H20O4S. The minimum atomic E-state index is -0.0386. The molecule has 0 saturated carbocycles. The largest absolute Gasteiger partial charge is 0.497 e. The Labute approximate surface area is 150 Å². The topological polar surface area (TPSA) is 48.7 Å². The lowest BCUT2D eigenvalue weighted by Crippen LogP contribution is -2.00. The Morgan fingerprint density at radius 3 is 2.60 bits per heavy atom. The van der Waals surface area contributed by atoms with Crippen molar-refractivity contribution >= 4 is 22.7 Å². The minimum Gasteiger partial charge on any atom is -0.497 e. The van der Waals surface area contributed by atoms with Crippen LogP contribution in [0.15, 0.2) is 68.9 Å². The van der Waals surface area contributed by atoms with Gasteiger partial charge >= 0.3 is 0 Å². The van der Waals surface area contributed by atoms with Crippen molar-refractivity contribution in [2.24, 2.45) is 0 Å². The highest BCUT2D eigenvalue weighted by molar-refractivity contribution is 7.99. The third kappa shape index (κ3) is 4.79. The van der Waals surface area contributed by atoms with E-state index in [-0.39, 0.29) is 5.43 Å². The average Bonchev–Trinajstić information content (AvgIpc) is 2.65. The van der Waals surface area contributed by atoms with Gasteiger partial charge in [-0.2, -0.15) is 0 Å². The number of rotatable bonds is 8. The minimum absolute atomic E-state index is 0.0386. The van der Waals surface area contributed by atoms with Crippen LogP contribution in [0.2, 0.25) is 0 Å². The molecular weight excluding hydrogens is 336 g/mol. The van der Waals surface area contributed by atoms with Crippen LogP contribution in [-0.4, -0.2) is 19.5 Å². The first-order chi connectivity index (χ1) is 12.3. The third-order valence-electron chi connectivity index (χ3n) is 3.77. The number of ether oxygens (including phenoxy) is 2. The van der Waals surface area contributed by atoms with E-state index >= 15 is 0 Å². The van der Waals surface area contributed by atoms with Gasteiger partial charge in [0.05, 0.1) is 25.4 Å². The highest BCUT2D eigenvalue weighted by atomic mass is 32.2. The number of hydrogen-bond donors (Lipinski definition) is 0. The van der Waals surface area contributed by atoms with Crippen molar-refractivity contribution in [3.05, 3.63) is 65.0 Å². The fourth-order valence-corrected chi connectivity index (χ4v) is 3.32. The number of fused-ring (bicyclic) bond motifs is 1. The second-order valence-corrected chi connectivity index (χ2v) is 6.69. The van der Waals surface area contributed by atoms with Gasteiger partial charge in [-0.25, -0.2) is 0 Å². The normalized spacial score (nSPS) is 10.8. The van der Waals surface area contributed by atoms with Crippen LogP contribution in [0, 0.1) is 0 Å². The molecule has 0 aliphatic heterocycles. The van der Waals surface area contributed by atoms with E-state index in [9.17, 15) is 4.79 Å². The van der Waals surface area contributed by atoms with E-state index in [1.54, 1.807) is 19.2 Å². The summed E-state index contributed by atoms with van der Waals surface area (Å²) in [4.78, 5) is 12.9. The first-order valence-corrected chi connectivity index (χ1v) is 9.16. The molecule has 0 radical (unpaired) electrons. The van der Waals surface area contributed by atoms with Gasteiger partial charge in [0.15, 0.2) is 5.43 Å². The van der Waals surface area contributed by atoms with Crippen LogP contribution >= 0.6 is 11.8 Å². The van der Waals surface area contributed by atoms with Crippen molar-refractivity contribution in [1.82, 2.24) is 0 Å². The highest BCUT2D eigenvalue weighted by Crippen LogP contribution is 2.22. The van der Waals surface area contributed by atoms with Crippen molar-refractivity contribution in [2.45, 2.75) is 17.7 Å². The fraction of sp³-hybridized carbons (Fsp3) is 0.250. The number of hydrogen-bond acceptors (Lipinski definition) is 5. The molecule has 1 aromatic heterocycles. The average molecular weight is 356 g/mol. The molecule has 3 rings (SSSR count). The first-order valence-electron chi connectivity index (χ1n) is 8.17. The molecule has 0 saturated heterocycles. The molecule has 0 fully saturated rings. The Balaban J connectivity index is 1.40. The smallest absolute Gasteiger partial charge is 0.192 e. The predicted octanol–water partition coefficient (Wildman–Crippen LogP) is 4.75. The van der Waals surface area contributed by atoms with Gasteiger partial charge in [-0.05, 0) is 55.0 Å². The SMILES string of the molecule is COc1ccc(SCCCCOc2ccc3c(=O)ccoc3c2)cc1. The van der Waals surface area contributed by atoms with Gasteiger partial charge in [0, 0.05) is 17.0 Å². The summed E-state index contributed by atoms with van der Waals surface area (Å²) in [5, 5.41) is 0.575. The van der Waals surface area contributed by atoms with Crippen LogP contribution in [0.1, 0.15) is 12.8 Å². The van der Waals surface area contributed by atoms with Gasteiger partial charge < -0.3 is 13.9 Å². The summed E-state index contributed by atoms with van der Waals surface area (Å²) < 4.78 is 16.3. The van der Waals surface area contributed by atoms with Gasteiger partial charge in [-0.3, -0.25) is 4.79 Å². The lowest BCUT2D eigenvalue weighted by molar-refractivity contribution is 0.310. The second-order valence-electron chi connectivity index (χ2n) is 5.52. The maximum atomic E-state index is 11.7. The van der Waals surface area contributed by atoms with Gasteiger partial charge in [0.2, 0.25) is 0 Å². The Bertz CT molecular complexity index is 871. The zero-order valence-corrected chi connectivity index (χ0v) is 14.9. The summed E-state index contributed by atoms with van der Waals surface area (Å²) in [5.41, 5.74) is 0.517. The van der Waals surface area contributed by atoms with Crippen LogP contribution in [0.4, 0.5) is 0 Å². The zero-order valence-electron chi connectivity index (χ0n) is 14.1. The summed E-state index contributed by atoms with van der Waals surface area (Å²) in [7, 11) is 1.67. The molecule has 0 bridgehead atoms. The Morgan fingerprint density at radius 2 is 1.80 bits per heavy atom. The van der Waals surface area contributed by atoms with Crippen LogP contribution in [0.3, 0.4) is 0 Å². The Hall–Kier alpha value is -2.40. The summed E-state index contributed by atoms with van der Waals surface area (Å²) in [6, 6.07) is 14.8. The van der Waals surface area contributed by atoms with E-state index < -0.39 is 0 Å². The number of benzene rings is 2. The molecule has 4 nitrogen and oxygen atoms in total. The fourth-order valence-electron chi connectivity index (χ4n) is 2.41. The molecule has 0 amide bonds. The molecule has 0 atom stereocenters. The molecule has 0 spiro atoms. The van der Waals surface area contributed by atoms with Gasteiger partial charge in [0.25, 0.3) is 0 Å². The second kappa shape index (κ2) is 8.62. The van der Waals surface area contributed by atoms with Crippen LogP contribution in [-0.2, 0) is 0 Å². The monoisotopic (exact) mass is 356 g/mol. The zero-order chi connectivity index (χ0) is 17.5. The van der Waals surface area contributed by atoms with Gasteiger partial charge in [-0.1, -0.05) is 0 Å². The molecule has 3 aromatic rings. The summed E-state index contributed by atoms with van der Waals surface area (Å²) >= 11 is 1.83. The molecule has 0 aliphatic carbocycles. The maximum absolute atomic E-state index is 11.7. The van der Waals surface area contributed by atoms with Gasteiger partial charge in [0.1, 0.15) is 17.1 Å². The highest BCUT2D eigenvalue weighted by Gasteiger charge is 2.02. The quantitative estimate of drug-likeness (QED) is 0.430. The molecule has 2 aromatic carbocycles. The van der Waals surface area contributed by atoms with E-state index in [4.69, 9.17) is 13.9 Å². The summed E-state index contributed by atoms with van der Waals surface area (Å²) in [6.07, 6.45) is 3.45. The lowest BCUT2D eigenvalue weighted by Gasteiger charge is -2.07. The molecule has 5 heteroatoms. The van der Waals surface area contributed by atoms with Crippen LogP contribution in [0.5, 0.6) is 11.5 Å². The predicted molar refractivity (Wildman–Crippen MR) is 101 cm³/mol. The van der Waals surface area contributed by atoms with Crippen LogP contribution in [0.25, 0.3) is 11.0 Å². The van der Waals surface area contributed by atoms with Gasteiger partial charge in [-0.15, -0.1) is 11.8 Å². The summed E-state index contributed by atoms with van der Waals surface area (Å²) in [5.74, 6) is 2.65. The molecule has 130 valence electrons. The molecule has 25 heavy (non-hydrogen) atoms. The third-order valence-corrected chi connectivity index (χ3v) is 4.87. The summed E-state index contributed by atoms with van der Waals surface area (Å²) in [6.45, 7) is 0.645. The van der Waals surface area contributed by atoms with Crippen molar-refractivity contribution in [2.75, 3.05) is 19.5 Å². The van der Waals surface area contributed by atoms with E-state index in [0.29, 0.717) is 17.6 Å². The van der Waals surface area contributed by atoms with Crippen molar-refractivity contribution in [3.63, 3.8) is 0 Å². The lowest BCUT2D eigenvalue weighted by atomic mass is 10.2. The van der Waals surface area contributed by atoms with E-state index in [0.717, 1.165) is 30.1 Å². The molecule has 0 aliphatic rings. The molecule has 0 N–H and O–H groups in total. The maximum Gasteiger partial charge on any atom is 0.192 e. The first kappa shape index (κ1) is 17.4. The number of methoxy groups -OCH3 is 1. The van der Waals surface area contributed by atoms with E-state index in [2.05, 4.69) is 12.1 Å². The molecule has 1 heterocycles. The van der Waals surface area contributed by atoms with Crippen molar-refractivity contribution in [1.29, 1.82) is 0 Å². The van der Waals surface area contributed by atoms with E-state index in [1.165, 1.54) is 17.2 Å². The van der Waals surface area contributed by atoms with E-state index in [1.807, 2.05) is 30.0 Å².